The zero-order chi connectivity index (χ0) is 18.0. The van der Waals surface area contributed by atoms with Gasteiger partial charge in [0.15, 0.2) is 6.79 Å². The van der Waals surface area contributed by atoms with Gasteiger partial charge >= 0.3 is 6.18 Å². The van der Waals surface area contributed by atoms with Crippen LogP contribution in [0.2, 0.25) is 5.02 Å². The minimum absolute atomic E-state index is 0.0886. The number of nitrogens with one attached hydrogen (secondary N) is 1. The van der Waals surface area contributed by atoms with E-state index in [9.17, 15) is 17.6 Å². The highest BCUT2D eigenvalue weighted by molar-refractivity contribution is 6.32. The first kappa shape index (κ1) is 17.8. The lowest BCUT2D eigenvalue weighted by Gasteiger charge is -2.21. The van der Waals surface area contributed by atoms with Gasteiger partial charge < -0.3 is 14.8 Å². The lowest BCUT2D eigenvalue weighted by atomic mass is 10.1. The Balaban J connectivity index is 1.69. The molecule has 0 aliphatic carbocycles. The third-order valence-electron chi connectivity index (χ3n) is 3.61. The van der Waals surface area contributed by atoms with Crippen LogP contribution in [0.4, 0.5) is 23.4 Å². The predicted molar refractivity (Wildman–Crippen MR) is 83.1 cm³/mol. The zero-order valence-electron chi connectivity index (χ0n) is 12.8. The van der Waals surface area contributed by atoms with E-state index in [2.05, 4.69) is 10.3 Å². The summed E-state index contributed by atoms with van der Waals surface area (Å²) in [5.74, 6) is 0.290. The van der Waals surface area contributed by atoms with Gasteiger partial charge in [-0.15, -0.1) is 0 Å². The maximum absolute atomic E-state index is 13.7. The molecule has 0 amide bonds. The second kappa shape index (κ2) is 7.05. The zero-order valence-corrected chi connectivity index (χ0v) is 13.5. The summed E-state index contributed by atoms with van der Waals surface area (Å²) >= 11 is 5.83. The second-order valence-corrected chi connectivity index (χ2v) is 5.80. The molecule has 1 N–H and O–H groups in total. The van der Waals surface area contributed by atoms with Gasteiger partial charge in [-0.3, -0.25) is 0 Å². The molecular formula is C16H13ClF4N2O2. The number of aromatic nitrogens is 1. The van der Waals surface area contributed by atoms with Crippen molar-refractivity contribution in [2.24, 2.45) is 0 Å². The first-order valence-electron chi connectivity index (χ1n) is 7.33. The van der Waals surface area contributed by atoms with Crippen molar-refractivity contribution < 1.29 is 27.0 Å². The Morgan fingerprint density at radius 1 is 1.24 bits per heavy atom. The van der Waals surface area contributed by atoms with Crippen molar-refractivity contribution in [3.8, 4) is 5.75 Å². The molecule has 0 radical (unpaired) electrons. The Labute approximate surface area is 145 Å². The third-order valence-corrected chi connectivity index (χ3v) is 3.90. The normalized spacial score (nSPS) is 14.0. The van der Waals surface area contributed by atoms with Crippen LogP contribution in [0, 0.1) is 5.82 Å². The number of halogens is 5. The van der Waals surface area contributed by atoms with Crippen molar-refractivity contribution in [1.29, 1.82) is 0 Å². The molecular weight excluding hydrogens is 364 g/mol. The van der Waals surface area contributed by atoms with E-state index in [0.717, 1.165) is 6.07 Å². The largest absolute Gasteiger partial charge is 0.467 e. The minimum atomic E-state index is -4.50. The number of hydrogen-bond donors (Lipinski definition) is 1. The molecule has 9 heteroatoms. The number of rotatable bonds is 4. The van der Waals surface area contributed by atoms with Crippen molar-refractivity contribution in [1.82, 2.24) is 4.98 Å². The van der Waals surface area contributed by atoms with Crippen LogP contribution in [-0.2, 0) is 23.9 Å². The number of hydrogen-bond acceptors (Lipinski definition) is 4. The molecule has 1 aliphatic heterocycles. The van der Waals surface area contributed by atoms with Crippen molar-refractivity contribution in [3.63, 3.8) is 0 Å². The van der Waals surface area contributed by atoms with E-state index in [1.807, 2.05) is 0 Å². The van der Waals surface area contributed by atoms with E-state index < -0.39 is 17.6 Å². The number of alkyl halides is 3. The Morgan fingerprint density at radius 3 is 2.76 bits per heavy atom. The Bertz CT molecular complexity index is 783. The van der Waals surface area contributed by atoms with E-state index >= 15 is 0 Å². The maximum atomic E-state index is 13.7. The van der Waals surface area contributed by atoms with Gasteiger partial charge in [0.2, 0.25) is 0 Å². The number of pyridine rings is 1. The predicted octanol–water partition coefficient (Wildman–Crippen LogP) is 4.41. The summed E-state index contributed by atoms with van der Waals surface area (Å²) in [5, 5.41) is 2.71. The summed E-state index contributed by atoms with van der Waals surface area (Å²) in [4.78, 5) is 3.69. The van der Waals surface area contributed by atoms with Gasteiger partial charge in [0, 0.05) is 18.3 Å². The van der Waals surface area contributed by atoms with Crippen LogP contribution in [0.5, 0.6) is 5.75 Å². The van der Waals surface area contributed by atoms with Gasteiger partial charge in [0.05, 0.1) is 17.2 Å². The highest BCUT2D eigenvalue weighted by Crippen LogP contribution is 2.33. The van der Waals surface area contributed by atoms with Crippen LogP contribution >= 0.6 is 11.6 Å². The van der Waals surface area contributed by atoms with Crippen LogP contribution < -0.4 is 10.1 Å². The molecule has 0 bridgehead atoms. The Kier molecular flexibility index (Phi) is 5.01. The fourth-order valence-electron chi connectivity index (χ4n) is 2.48. The average Bonchev–Trinajstić information content (AvgIpc) is 2.55. The molecule has 1 aliphatic rings. The smallest absolute Gasteiger partial charge is 0.417 e. The number of fused-ring (bicyclic) bond motifs is 1. The molecule has 2 aromatic rings. The van der Waals surface area contributed by atoms with Gasteiger partial charge in [-0.05, 0) is 30.2 Å². The molecule has 0 spiro atoms. The van der Waals surface area contributed by atoms with Crippen molar-refractivity contribution in [3.05, 3.63) is 51.9 Å². The van der Waals surface area contributed by atoms with Crippen molar-refractivity contribution >= 4 is 17.4 Å². The summed E-state index contributed by atoms with van der Waals surface area (Å²) in [6, 6.07) is 3.51. The van der Waals surface area contributed by atoms with E-state index in [0.29, 0.717) is 29.5 Å². The third kappa shape index (κ3) is 4.13. The molecule has 1 aromatic heterocycles. The van der Waals surface area contributed by atoms with Crippen LogP contribution in [-0.4, -0.2) is 18.3 Å². The van der Waals surface area contributed by atoms with Gasteiger partial charge in [-0.1, -0.05) is 11.6 Å². The highest BCUT2D eigenvalue weighted by Gasteiger charge is 2.31. The Hall–Kier alpha value is -2.06. The summed E-state index contributed by atoms with van der Waals surface area (Å²) in [6.45, 7) is 0.642. The van der Waals surface area contributed by atoms with Gasteiger partial charge in [0.1, 0.15) is 17.4 Å². The SMILES string of the molecule is Fc1cc(CCNc2ncc(C(F)(F)F)cc2Cl)c2c(c1)COCO2. The fourth-order valence-corrected chi connectivity index (χ4v) is 2.71. The second-order valence-electron chi connectivity index (χ2n) is 5.39. The van der Waals surface area contributed by atoms with E-state index in [1.54, 1.807) is 0 Å². The quantitative estimate of drug-likeness (QED) is 0.802. The summed E-state index contributed by atoms with van der Waals surface area (Å²) in [7, 11) is 0. The molecule has 3 rings (SSSR count). The van der Waals surface area contributed by atoms with Crippen LogP contribution in [0.3, 0.4) is 0 Å². The fraction of sp³-hybridized carbons (Fsp3) is 0.312. The van der Waals surface area contributed by atoms with Gasteiger partial charge in [0.25, 0.3) is 0 Å². The van der Waals surface area contributed by atoms with Crippen LogP contribution in [0.15, 0.2) is 24.4 Å². The van der Waals surface area contributed by atoms with Gasteiger partial charge in [-0.2, -0.15) is 13.2 Å². The van der Waals surface area contributed by atoms with E-state index in [4.69, 9.17) is 21.1 Å². The highest BCUT2D eigenvalue weighted by atomic mass is 35.5. The maximum Gasteiger partial charge on any atom is 0.417 e. The molecule has 0 saturated carbocycles. The lowest BCUT2D eigenvalue weighted by molar-refractivity contribution is -0.137. The topological polar surface area (TPSA) is 43.4 Å². The minimum Gasteiger partial charge on any atom is -0.467 e. The number of nitrogens with zero attached hydrogens (tertiary/aromatic N) is 1. The molecule has 0 saturated heterocycles. The summed E-state index contributed by atoms with van der Waals surface area (Å²) in [5.41, 5.74) is 0.330. The molecule has 25 heavy (non-hydrogen) atoms. The number of ether oxygens (including phenoxy) is 2. The monoisotopic (exact) mass is 376 g/mol. The number of benzene rings is 1. The first-order valence-corrected chi connectivity index (χ1v) is 7.71. The Morgan fingerprint density at radius 2 is 2.04 bits per heavy atom. The molecule has 0 unspecified atom stereocenters. The van der Waals surface area contributed by atoms with Crippen molar-refractivity contribution in [2.75, 3.05) is 18.7 Å². The summed E-state index contributed by atoms with van der Waals surface area (Å²) < 4.78 is 61.9. The molecule has 4 nitrogen and oxygen atoms in total. The molecule has 0 fully saturated rings. The molecule has 2 heterocycles. The molecule has 1 aromatic carbocycles. The molecule has 0 atom stereocenters. The molecule has 134 valence electrons. The lowest BCUT2D eigenvalue weighted by Crippen LogP contribution is -2.15. The van der Waals surface area contributed by atoms with E-state index in [-0.39, 0.29) is 30.8 Å². The van der Waals surface area contributed by atoms with E-state index in [1.165, 1.54) is 12.1 Å². The van der Waals surface area contributed by atoms with Gasteiger partial charge in [-0.25, -0.2) is 9.37 Å². The van der Waals surface area contributed by atoms with Crippen LogP contribution in [0.1, 0.15) is 16.7 Å². The standard InChI is InChI=1S/C16H13ClF4N2O2/c17-13-5-11(16(19,20)21)6-23-15(13)22-2-1-9-3-12(18)4-10-7-24-8-25-14(9)10/h3-6H,1-2,7-8H2,(H,22,23). The number of anilines is 1. The van der Waals surface area contributed by atoms with Crippen LogP contribution in [0.25, 0.3) is 0 Å². The average molecular weight is 377 g/mol. The van der Waals surface area contributed by atoms with Crippen molar-refractivity contribution in [2.45, 2.75) is 19.2 Å². The summed E-state index contributed by atoms with van der Waals surface area (Å²) in [6.07, 6.45) is -3.42. The first-order chi connectivity index (χ1) is 11.8.